The Kier molecular flexibility index (Phi) is 4.63. The Morgan fingerprint density at radius 1 is 1.57 bits per heavy atom. The van der Waals surface area contributed by atoms with E-state index in [4.69, 9.17) is 0 Å². The largest absolute Gasteiger partial charge is 0.337 e. The molecule has 6 nitrogen and oxygen atoms in total. The molecule has 0 unspecified atom stereocenters. The number of amides is 1. The van der Waals surface area contributed by atoms with Crippen molar-refractivity contribution < 1.29 is 4.79 Å². The van der Waals surface area contributed by atoms with Crippen LogP contribution in [0.25, 0.3) is 0 Å². The summed E-state index contributed by atoms with van der Waals surface area (Å²) >= 11 is 0. The van der Waals surface area contributed by atoms with E-state index in [0.29, 0.717) is 5.92 Å². The maximum Gasteiger partial charge on any atom is 0.235 e. The summed E-state index contributed by atoms with van der Waals surface area (Å²) in [5.41, 5.74) is -0.727. The lowest BCUT2D eigenvalue weighted by Gasteiger charge is -2.25. The molecule has 3 atom stereocenters. The van der Waals surface area contributed by atoms with Crippen molar-refractivity contribution in [3.05, 3.63) is 18.5 Å². The SMILES string of the molecule is C[C@H](NCC(=O)N[C@](C)(C#N)C1CC1)[C@@H](C)n1cccn1. The van der Waals surface area contributed by atoms with Crippen LogP contribution in [0.15, 0.2) is 18.5 Å². The average Bonchev–Trinajstić information content (AvgIpc) is 3.20. The van der Waals surface area contributed by atoms with Gasteiger partial charge >= 0.3 is 0 Å². The summed E-state index contributed by atoms with van der Waals surface area (Å²) in [4.78, 5) is 12.0. The third kappa shape index (κ3) is 3.82. The van der Waals surface area contributed by atoms with E-state index in [-0.39, 0.29) is 24.5 Å². The molecule has 1 amide bonds. The van der Waals surface area contributed by atoms with Gasteiger partial charge in [0.15, 0.2) is 0 Å². The minimum absolute atomic E-state index is 0.102. The first-order chi connectivity index (χ1) is 9.96. The molecule has 1 aromatic heterocycles. The number of nitriles is 1. The Balaban J connectivity index is 1.80. The lowest BCUT2D eigenvalue weighted by molar-refractivity contribution is -0.121. The van der Waals surface area contributed by atoms with Crippen LogP contribution in [0.4, 0.5) is 0 Å². The van der Waals surface area contributed by atoms with Crippen LogP contribution in [0.1, 0.15) is 39.7 Å². The van der Waals surface area contributed by atoms with Crippen LogP contribution in [-0.4, -0.2) is 33.8 Å². The first kappa shape index (κ1) is 15.5. The second kappa shape index (κ2) is 6.27. The fraction of sp³-hybridized carbons (Fsp3) is 0.667. The summed E-state index contributed by atoms with van der Waals surface area (Å²) in [6.07, 6.45) is 5.68. The van der Waals surface area contributed by atoms with E-state index in [1.165, 1.54) is 0 Å². The van der Waals surface area contributed by atoms with Crippen molar-refractivity contribution in [1.82, 2.24) is 20.4 Å². The number of rotatable bonds is 7. The van der Waals surface area contributed by atoms with Gasteiger partial charge in [0.05, 0.1) is 18.7 Å². The number of carbonyl (C=O) groups is 1. The van der Waals surface area contributed by atoms with Crippen molar-refractivity contribution in [3.63, 3.8) is 0 Å². The molecule has 2 N–H and O–H groups in total. The predicted octanol–water partition coefficient (Wildman–Crippen LogP) is 1.23. The predicted molar refractivity (Wildman–Crippen MR) is 79.3 cm³/mol. The Hall–Kier alpha value is -1.87. The first-order valence-corrected chi connectivity index (χ1v) is 7.41. The Morgan fingerprint density at radius 3 is 2.81 bits per heavy atom. The molecular formula is C15H23N5O. The van der Waals surface area contributed by atoms with E-state index in [9.17, 15) is 10.1 Å². The third-order valence-electron chi connectivity index (χ3n) is 4.28. The summed E-state index contributed by atoms with van der Waals surface area (Å²) in [5, 5.41) is 19.5. The minimum atomic E-state index is -0.727. The lowest BCUT2D eigenvalue weighted by Crippen LogP contribution is -2.51. The summed E-state index contributed by atoms with van der Waals surface area (Å²) in [6.45, 7) is 6.07. The van der Waals surface area contributed by atoms with Gasteiger partial charge in [0.25, 0.3) is 0 Å². The lowest BCUT2D eigenvalue weighted by atomic mass is 9.98. The van der Waals surface area contributed by atoms with Crippen molar-refractivity contribution >= 4 is 5.91 Å². The van der Waals surface area contributed by atoms with Crippen molar-refractivity contribution in [3.8, 4) is 6.07 Å². The minimum Gasteiger partial charge on any atom is -0.337 e. The second-order valence-electron chi connectivity index (χ2n) is 6.03. The molecule has 0 bridgehead atoms. The Morgan fingerprint density at radius 2 is 2.29 bits per heavy atom. The topological polar surface area (TPSA) is 82.7 Å². The molecule has 1 aliphatic rings. The summed E-state index contributed by atoms with van der Waals surface area (Å²) in [7, 11) is 0. The van der Waals surface area contributed by atoms with Gasteiger partial charge in [0, 0.05) is 18.4 Å². The molecule has 1 aromatic rings. The fourth-order valence-electron chi connectivity index (χ4n) is 2.39. The molecule has 1 heterocycles. The van der Waals surface area contributed by atoms with Gasteiger partial charge in [-0.05, 0) is 45.6 Å². The van der Waals surface area contributed by atoms with Gasteiger partial charge in [-0.25, -0.2) is 0 Å². The van der Waals surface area contributed by atoms with Crippen molar-refractivity contribution in [1.29, 1.82) is 5.26 Å². The van der Waals surface area contributed by atoms with E-state index in [0.717, 1.165) is 12.8 Å². The molecule has 1 saturated carbocycles. The summed E-state index contributed by atoms with van der Waals surface area (Å²) in [5.74, 6) is 0.164. The molecule has 0 aromatic carbocycles. The zero-order valence-corrected chi connectivity index (χ0v) is 12.8. The van der Waals surface area contributed by atoms with Crippen LogP contribution in [-0.2, 0) is 4.79 Å². The molecule has 0 aliphatic heterocycles. The van der Waals surface area contributed by atoms with Gasteiger partial charge in [0.1, 0.15) is 5.54 Å². The highest BCUT2D eigenvalue weighted by atomic mass is 16.2. The third-order valence-corrected chi connectivity index (χ3v) is 4.28. The molecule has 21 heavy (non-hydrogen) atoms. The van der Waals surface area contributed by atoms with Gasteiger partial charge in [-0.15, -0.1) is 0 Å². The molecular weight excluding hydrogens is 266 g/mol. The fourth-order valence-corrected chi connectivity index (χ4v) is 2.39. The van der Waals surface area contributed by atoms with E-state index >= 15 is 0 Å². The molecule has 6 heteroatoms. The monoisotopic (exact) mass is 289 g/mol. The van der Waals surface area contributed by atoms with E-state index in [2.05, 4.69) is 21.8 Å². The average molecular weight is 289 g/mol. The molecule has 0 spiro atoms. The summed E-state index contributed by atoms with van der Waals surface area (Å²) < 4.78 is 1.86. The van der Waals surface area contributed by atoms with Gasteiger partial charge in [-0.1, -0.05) is 0 Å². The molecule has 0 saturated heterocycles. The molecule has 114 valence electrons. The van der Waals surface area contributed by atoms with Crippen LogP contribution in [0.2, 0.25) is 0 Å². The number of hydrogen-bond acceptors (Lipinski definition) is 4. The number of hydrogen-bond donors (Lipinski definition) is 2. The first-order valence-electron chi connectivity index (χ1n) is 7.41. The van der Waals surface area contributed by atoms with E-state index in [1.54, 1.807) is 13.1 Å². The zero-order chi connectivity index (χ0) is 15.5. The van der Waals surface area contributed by atoms with Gasteiger partial charge < -0.3 is 10.6 Å². The maximum atomic E-state index is 12.0. The quantitative estimate of drug-likeness (QED) is 0.791. The van der Waals surface area contributed by atoms with E-state index < -0.39 is 5.54 Å². The van der Waals surface area contributed by atoms with Gasteiger partial charge in [-0.3, -0.25) is 9.48 Å². The highest BCUT2D eigenvalue weighted by Gasteiger charge is 2.42. The van der Waals surface area contributed by atoms with E-state index in [1.807, 2.05) is 30.8 Å². The van der Waals surface area contributed by atoms with Gasteiger partial charge in [0.2, 0.25) is 5.91 Å². The number of aromatic nitrogens is 2. The zero-order valence-electron chi connectivity index (χ0n) is 12.8. The Bertz CT molecular complexity index is 517. The highest BCUT2D eigenvalue weighted by molar-refractivity contribution is 5.79. The molecule has 1 fully saturated rings. The molecule has 1 aliphatic carbocycles. The standard InChI is InChI=1S/C15H23N5O/c1-11(12(2)20-8-4-7-18-20)17-9-14(21)19-15(3,10-16)13-5-6-13/h4,7-8,11-13,17H,5-6,9H2,1-3H3,(H,19,21)/t11-,12+,15+/m0/s1. The van der Waals surface area contributed by atoms with Crippen molar-refractivity contribution in [2.75, 3.05) is 6.54 Å². The van der Waals surface area contributed by atoms with Gasteiger partial charge in [-0.2, -0.15) is 10.4 Å². The highest BCUT2D eigenvalue weighted by Crippen LogP contribution is 2.39. The normalized spacial score (nSPS) is 20.1. The van der Waals surface area contributed by atoms with Crippen LogP contribution < -0.4 is 10.6 Å². The van der Waals surface area contributed by atoms with Crippen LogP contribution in [0.5, 0.6) is 0 Å². The van der Waals surface area contributed by atoms with Crippen LogP contribution in [0.3, 0.4) is 0 Å². The number of carbonyl (C=O) groups excluding carboxylic acids is 1. The summed E-state index contributed by atoms with van der Waals surface area (Å²) in [6, 6.07) is 4.36. The molecule has 2 rings (SSSR count). The van der Waals surface area contributed by atoms with Crippen molar-refractivity contribution in [2.45, 2.75) is 51.2 Å². The number of nitrogens with zero attached hydrogens (tertiary/aromatic N) is 3. The van der Waals surface area contributed by atoms with Crippen LogP contribution in [0, 0.1) is 17.2 Å². The maximum absolute atomic E-state index is 12.0. The smallest absolute Gasteiger partial charge is 0.235 e. The molecule has 0 radical (unpaired) electrons. The second-order valence-corrected chi connectivity index (χ2v) is 6.03. The van der Waals surface area contributed by atoms with Crippen LogP contribution >= 0.6 is 0 Å². The van der Waals surface area contributed by atoms with Crippen molar-refractivity contribution in [2.24, 2.45) is 5.92 Å². The Labute approximate surface area is 125 Å². The number of nitrogens with one attached hydrogen (secondary N) is 2.